The molecule has 132 valence electrons. The lowest BCUT2D eigenvalue weighted by molar-refractivity contribution is -0.134. The summed E-state index contributed by atoms with van der Waals surface area (Å²) in [5, 5.41) is 2.84. The van der Waals surface area contributed by atoms with Crippen LogP contribution in [0.4, 0.5) is 4.39 Å². The number of hydrogen-bond donors (Lipinski definition) is 1. The molecule has 5 heteroatoms. The summed E-state index contributed by atoms with van der Waals surface area (Å²) in [5.41, 5.74) is 1.67. The van der Waals surface area contributed by atoms with Crippen LogP contribution in [0.2, 0.25) is 0 Å². The molecule has 0 spiro atoms. The lowest BCUT2D eigenvalue weighted by atomic mass is 9.98. The molecule has 25 heavy (non-hydrogen) atoms. The highest BCUT2D eigenvalue weighted by Crippen LogP contribution is 2.16. The number of amides is 2. The van der Waals surface area contributed by atoms with E-state index in [-0.39, 0.29) is 17.6 Å². The van der Waals surface area contributed by atoms with E-state index in [2.05, 4.69) is 5.32 Å². The first kappa shape index (κ1) is 18.6. The van der Waals surface area contributed by atoms with Gasteiger partial charge in [0.25, 0.3) is 0 Å². The molecule has 0 bridgehead atoms. The standard InChI is InChI=1S/C20H23FN2O2/c1-14(16-9-11-17(21)12-10-16)19(24)22-18(20(25)23(2)3)13-15-7-5-4-6-8-15/h4-12,14,18H,13H2,1-3H3,(H,22,24)/t14?,18-/m1/s1. The van der Waals surface area contributed by atoms with Gasteiger partial charge < -0.3 is 10.2 Å². The summed E-state index contributed by atoms with van der Waals surface area (Å²) in [6.07, 6.45) is 0.416. The van der Waals surface area contributed by atoms with Gasteiger partial charge in [-0.2, -0.15) is 0 Å². The van der Waals surface area contributed by atoms with Crippen molar-refractivity contribution >= 4 is 11.8 Å². The van der Waals surface area contributed by atoms with Gasteiger partial charge in [0, 0.05) is 20.5 Å². The fourth-order valence-corrected chi connectivity index (χ4v) is 2.56. The zero-order valence-corrected chi connectivity index (χ0v) is 14.7. The maximum Gasteiger partial charge on any atom is 0.244 e. The number of rotatable bonds is 6. The zero-order valence-electron chi connectivity index (χ0n) is 14.7. The summed E-state index contributed by atoms with van der Waals surface area (Å²) in [5.74, 6) is -1.25. The molecule has 2 amide bonds. The van der Waals surface area contributed by atoms with Gasteiger partial charge in [-0.3, -0.25) is 9.59 Å². The Morgan fingerprint density at radius 2 is 1.64 bits per heavy atom. The van der Waals surface area contributed by atoms with Crippen LogP contribution in [0.1, 0.15) is 24.0 Å². The molecule has 4 nitrogen and oxygen atoms in total. The molecule has 1 N–H and O–H groups in total. The van der Waals surface area contributed by atoms with E-state index in [1.165, 1.54) is 17.0 Å². The number of halogens is 1. The van der Waals surface area contributed by atoms with Crippen LogP contribution in [0, 0.1) is 5.82 Å². The third-order valence-corrected chi connectivity index (χ3v) is 4.10. The van der Waals surface area contributed by atoms with Crippen molar-refractivity contribution in [1.82, 2.24) is 10.2 Å². The Labute approximate surface area is 147 Å². The van der Waals surface area contributed by atoms with Crippen LogP contribution in [0.25, 0.3) is 0 Å². The smallest absolute Gasteiger partial charge is 0.244 e. The quantitative estimate of drug-likeness (QED) is 0.877. The van der Waals surface area contributed by atoms with Gasteiger partial charge in [0.05, 0.1) is 5.92 Å². The Morgan fingerprint density at radius 3 is 2.20 bits per heavy atom. The molecule has 0 radical (unpaired) electrons. The second kappa shape index (κ2) is 8.42. The topological polar surface area (TPSA) is 49.4 Å². The largest absolute Gasteiger partial charge is 0.347 e. The Bertz CT molecular complexity index is 714. The van der Waals surface area contributed by atoms with E-state index in [4.69, 9.17) is 0 Å². The third-order valence-electron chi connectivity index (χ3n) is 4.10. The zero-order chi connectivity index (χ0) is 18.4. The average Bonchev–Trinajstić information content (AvgIpc) is 2.61. The monoisotopic (exact) mass is 342 g/mol. The molecule has 0 saturated carbocycles. The van der Waals surface area contributed by atoms with E-state index in [9.17, 15) is 14.0 Å². The highest BCUT2D eigenvalue weighted by atomic mass is 19.1. The summed E-state index contributed by atoms with van der Waals surface area (Å²) >= 11 is 0. The number of nitrogens with zero attached hydrogens (tertiary/aromatic N) is 1. The molecule has 2 aromatic carbocycles. The van der Waals surface area contributed by atoms with Crippen molar-refractivity contribution in [3.8, 4) is 0 Å². The van der Waals surface area contributed by atoms with Crippen molar-refractivity contribution < 1.29 is 14.0 Å². The van der Waals surface area contributed by atoms with E-state index >= 15 is 0 Å². The minimum absolute atomic E-state index is 0.163. The van der Waals surface area contributed by atoms with Crippen molar-refractivity contribution in [2.24, 2.45) is 0 Å². The summed E-state index contributed by atoms with van der Waals surface area (Å²) in [6, 6.07) is 14.7. The second-order valence-corrected chi connectivity index (χ2v) is 6.26. The Kier molecular flexibility index (Phi) is 6.28. The van der Waals surface area contributed by atoms with Crippen molar-refractivity contribution in [2.75, 3.05) is 14.1 Å². The number of benzene rings is 2. The fourth-order valence-electron chi connectivity index (χ4n) is 2.56. The third kappa shape index (κ3) is 5.14. The Balaban J connectivity index is 2.13. The minimum Gasteiger partial charge on any atom is -0.347 e. The van der Waals surface area contributed by atoms with Gasteiger partial charge in [-0.05, 0) is 30.2 Å². The summed E-state index contributed by atoms with van der Waals surface area (Å²) in [4.78, 5) is 26.5. The second-order valence-electron chi connectivity index (χ2n) is 6.26. The predicted molar refractivity (Wildman–Crippen MR) is 95.6 cm³/mol. The van der Waals surface area contributed by atoms with E-state index in [1.807, 2.05) is 30.3 Å². The van der Waals surface area contributed by atoms with Gasteiger partial charge in [-0.15, -0.1) is 0 Å². The molecule has 0 aliphatic carbocycles. The highest BCUT2D eigenvalue weighted by Gasteiger charge is 2.25. The maximum absolute atomic E-state index is 13.0. The van der Waals surface area contributed by atoms with Crippen LogP contribution >= 0.6 is 0 Å². The van der Waals surface area contributed by atoms with Crippen LogP contribution in [0.5, 0.6) is 0 Å². The van der Waals surface area contributed by atoms with E-state index < -0.39 is 12.0 Å². The fraction of sp³-hybridized carbons (Fsp3) is 0.300. The molecule has 2 atom stereocenters. The van der Waals surface area contributed by atoms with Gasteiger partial charge in [0.1, 0.15) is 11.9 Å². The Hall–Kier alpha value is -2.69. The molecule has 0 saturated heterocycles. The summed E-state index contributed by atoms with van der Waals surface area (Å²) in [6.45, 7) is 1.74. The van der Waals surface area contributed by atoms with Gasteiger partial charge in [0.15, 0.2) is 0 Å². The van der Waals surface area contributed by atoms with Crippen LogP contribution in [0.15, 0.2) is 54.6 Å². The minimum atomic E-state index is -0.646. The lowest BCUT2D eigenvalue weighted by Gasteiger charge is -2.23. The molecular formula is C20H23FN2O2. The normalized spacial score (nSPS) is 13.0. The van der Waals surface area contributed by atoms with Gasteiger partial charge in [0.2, 0.25) is 11.8 Å². The van der Waals surface area contributed by atoms with Crippen LogP contribution in [-0.2, 0) is 16.0 Å². The molecule has 1 unspecified atom stereocenters. The first-order valence-corrected chi connectivity index (χ1v) is 8.19. The molecule has 0 aliphatic rings. The molecule has 0 aliphatic heterocycles. The number of hydrogen-bond acceptors (Lipinski definition) is 2. The molecule has 2 rings (SSSR count). The Morgan fingerprint density at radius 1 is 1.04 bits per heavy atom. The van der Waals surface area contributed by atoms with Gasteiger partial charge in [-0.25, -0.2) is 4.39 Å². The van der Waals surface area contributed by atoms with E-state index in [0.29, 0.717) is 12.0 Å². The first-order chi connectivity index (χ1) is 11.9. The van der Waals surface area contributed by atoms with Gasteiger partial charge in [-0.1, -0.05) is 42.5 Å². The molecule has 0 heterocycles. The van der Waals surface area contributed by atoms with Crippen molar-refractivity contribution in [3.63, 3.8) is 0 Å². The molecule has 0 fully saturated rings. The van der Waals surface area contributed by atoms with Crippen molar-refractivity contribution in [3.05, 3.63) is 71.5 Å². The highest BCUT2D eigenvalue weighted by molar-refractivity contribution is 5.90. The first-order valence-electron chi connectivity index (χ1n) is 8.19. The number of likely N-dealkylation sites (N-methyl/N-ethyl adjacent to an activating group) is 1. The lowest BCUT2D eigenvalue weighted by Crippen LogP contribution is -2.48. The molecule has 0 aromatic heterocycles. The maximum atomic E-state index is 13.0. The van der Waals surface area contributed by atoms with Crippen LogP contribution in [0.3, 0.4) is 0 Å². The van der Waals surface area contributed by atoms with E-state index in [0.717, 1.165) is 5.56 Å². The van der Waals surface area contributed by atoms with Crippen LogP contribution in [-0.4, -0.2) is 36.9 Å². The number of carbonyl (C=O) groups is 2. The average molecular weight is 342 g/mol. The van der Waals surface area contributed by atoms with Crippen molar-refractivity contribution in [1.29, 1.82) is 0 Å². The summed E-state index contributed by atoms with van der Waals surface area (Å²) in [7, 11) is 3.33. The number of carbonyl (C=O) groups excluding carboxylic acids is 2. The number of nitrogens with one attached hydrogen (secondary N) is 1. The van der Waals surface area contributed by atoms with Crippen molar-refractivity contribution in [2.45, 2.75) is 25.3 Å². The van der Waals surface area contributed by atoms with Crippen LogP contribution < -0.4 is 5.32 Å². The molecular weight excluding hydrogens is 319 g/mol. The van der Waals surface area contributed by atoms with Gasteiger partial charge >= 0.3 is 0 Å². The predicted octanol–water partition coefficient (Wildman–Crippen LogP) is 2.74. The summed E-state index contributed by atoms with van der Waals surface area (Å²) < 4.78 is 13.0. The van der Waals surface area contributed by atoms with E-state index in [1.54, 1.807) is 33.2 Å². The SMILES string of the molecule is CC(C(=O)N[C@H](Cc1ccccc1)C(=O)N(C)C)c1ccc(F)cc1. The molecule has 2 aromatic rings.